The number of hydrogen-bond acceptors (Lipinski definition) is 7. The molecule has 0 spiro atoms. The van der Waals surface area contributed by atoms with Crippen LogP contribution in [0, 0.1) is 0 Å². The van der Waals surface area contributed by atoms with Crippen molar-refractivity contribution in [2.45, 2.75) is 13.1 Å². The number of anilines is 1. The van der Waals surface area contributed by atoms with Crippen molar-refractivity contribution in [2.24, 2.45) is 0 Å². The Hall–Kier alpha value is -3.19. The first-order chi connectivity index (χ1) is 17.0. The van der Waals surface area contributed by atoms with E-state index in [1.165, 1.54) is 20.3 Å². The minimum Gasteiger partial charge on any atom is -0.495 e. The minimum atomic E-state index is -4.64. The van der Waals surface area contributed by atoms with Gasteiger partial charge in [-0.15, -0.1) is 0 Å². The van der Waals surface area contributed by atoms with Crippen LogP contribution in [0.5, 0.6) is 17.2 Å². The van der Waals surface area contributed by atoms with Crippen molar-refractivity contribution in [3.8, 4) is 17.2 Å². The van der Waals surface area contributed by atoms with Crippen molar-refractivity contribution in [3.63, 3.8) is 0 Å². The number of amides is 3. The van der Waals surface area contributed by atoms with Crippen LogP contribution in [-0.4, -0.2) is 49.3 Å². The number of carbonyl (C=O) groups excluding carboxylic acids is 3. The van der Waals surface area contributed by atoms with E-state index in [4.69, 9.17) is 14.2 Å². The smallest absolute Gasteiger partial charge is 0.416 e. The molecule has 1 fully saturated rings. The zero-order valence-electron chi connectivity index (χ0n) is 19.2. The van der Waals surface area contributed by atoms with Crippen LogP contribution in [0.3, 0.4) is 0 Å². The number of halogens is 4. The van der Waals surface area contributed by atoms with Crippen molar-refractivity contribution < 1.29 is 41.8 Å². The van der Waals surface area contributed by atoms with Crippen molar-refractivity contribution in [1.82, 2.24) is 4.90 Å². The Bertz CT molecular complexity index is 1240. The quantitative estimate of drug-likeness (QED) is 0.403. The third kappa shape index (κ3) is 6.13. The van der Waals surface area contributed by atoms with Gasteiger partial charge in [0, 0.05) is 4.47 Å². The Morgan fingerprint density at radius 1 is 1.11 bits per heavy atom. The van der Waals surface area contributed by atoms with E-state index in [1.807, 2.05) is 0 Å². The number of alkyl halides is 3. The second kappa shape index (κ2) is 11.2. The van der Waals surface area contributed by atoms with Gasteiger partial charge in [0.25, 0.3) is 11.1 Å². The number of thioether (sulfide) groups is 1. The minimum absolute atomic E-state index is 0.0140. The Morgan fingerprint density at radius 3 is 2.42 bits per heavy atom. The lowest BCUT2D eigenvalue weighted by atomic mass is 10.1. The maximum Gasteiger partial charge on any atom is 0.416 e. The lowest BCUT2D eigenvalue weighted by molar-refractivity contribution is -0.137. The molecule has 1 saturated heterocycles. The molecular formula is C23H20BrF3N2O6S. The van der Waals surface area contributed by atoms with Crippen LogP contribution in [-0.2, 0) is 15.8 Å². The van der Waals surface area contributed by atoms with Gasteiger partial charge in [-0.1, -0.05) is 15.9 Å². The Labute approximate surface area is 216 Å². The summed E-state index contributed by atoms with van der Waals surface area (Å²) in [5, 5.41) is 1.57. The van der Waals surface area contributed by atoms with Gasteiger partial charge in [0.05, 0.1) is 37.0 Å². The SMILES string of the molecule is CCOc1cc(/C=C2\SC(=O)N(CC(=O)Nc3cc(C(F)(F)F)ccc3OC)C2=O)c(Br)cc1OC. The highest BCUT2D eigenvalue weighted by atomic mass is 79.9. The summed E-state index contributed by atoms with van der Waals surface area (Å²) in [4.78, 5) is 38.6. The fourth-order valence-electron chi connectivity index (χ4n) is 3.18. The maximum absolute atomic E-state index is 13.1. The summed E-state index contributed by atoms with van der Waals surface area (Å²) >= 11 is 4.01. The van der Waals surface area contributed by atoms with Crippen molar-refractivity contribution in [2.75, 3.05) is 32.7 Å². The van der Waals surface area contributed by atoms with Crippen LogP contribution in [0.1, 0.15) is 18.1 Å². The van der Waals surface area contributed by atoms with Gasteiger partial charge in [-0.05, 0) is 60.7 Å². The highest BCUT2D eigenvalue weighted by Gasteiger charge is 2.37. The van der Waals surface area contributed by atoms with E-state index in [9.17, 15) is 27.6 Å². The van der Waals surface area contributed by atoms with Crippen LogP contribution in [0.4, 0.5) is 23.7 Å². The van der Waals surface area contributed by atoms with Gasteiger partial charge in [-0.3, -0.25) is 19.3 Å². The number of nitrogens with zero attached hydrogens (tertiary/aromatic N) is 1. The zero-order chi connectivity index (χ0) is 26.6. The van der Waals surface area contributed by atoms with Crippen molar-refractivity contribution >= 4 is 56.5 Å². The van der Waals surface area contributed by atoms with Crippen molar-refractivity contribution in [3.05, 3.63) is 50.8 Å². The molecule has 2 aromatic carbocycles. The highest BCUT2D eigenvalue weighted by molar-refractivity contribution is 9.10. The number of imide groups is 1. The van der Waals surface area contributed by atoms with Gasteiger partial charge >= 0.3 is 6.18 Å². The Morgan fingerprint density at radius 2 is 1.81 bits per heavy atom. The van der Waals surface area contributed by atoms with Gasteiger partial charge in [0.15, 0.2) is 11.5 Å². The van der Waals surface area contributed by atoms with Crippen molar-refractivity contribution in [1.29, 1.82) is 0 Å². The Balaban J connectivity index is 1.80. The average Bonchev–Trinajstić information content (AvgIpc) is 3.07. The van der Waals surface area contributed by atoms with Crippen LogP contribution >= 0.6 is 27.7 Å². The molecule has 1 N–H and O–H groups in total. The lowest BCUT2D eigenvalue weighted by Crippen LogP contribution is -2.36. The third-order valence-corrected chi connectivity index (χ3v) is 6.44. The normalized spacial score (nSPS) is 14.9. The van der Waals surface area contributed by atoms with E-state index in [1.54, 1.807) is 19.1 Å². The monoisotopic (exact) mass is 588 g/mol. The summed E-state index contributed by atoms with van der Waals surface area (Å²) in [6, 6.07) is 5.86. The maximum atomic E-state index is 13.1. The van der Waals surface area contributed by atoms with E-state index in [0.29, 0.717) is 50.9 Å². The Kier molecular flexibility index (Phi) is 8.56. The first-order valence-electron chi connectivity index (χ1n) is 10.3. The molecule has 0 bridgehead atoms. The number of methoxy groups -OCH3 is 2. The molecule has 3 amide bonds. The molecule has 8 nitrogen and oxygen atoms in total. The molecule has 36 heavy (non-hydrogen) atoms. The third-order valence-electron chi connectivity index (χ3n) is 4.85. The van der Waals surface area contributed by atoms with Gasteiger partial charge in [-0.2, -0.15) is 13.2 Å². The summed E-state index contributed by atoms with van der Waals surface area (Å²) in [6.07, 6.45) is -3.18. The summed E-state index contributed by atoms with van der Waals surface area (Å²) < 4.78 is 55.5. The van der Waals surface area contributed by atoms with E-state index in [-0.39, 0.29) is 16.3 Å². The summed E-state index contributed by atoms with van der Waals surface area (Å²) in [6.45, 7) is 1.47. The standard InChI is InChI=1S/C23H20BrF3N2O6S/c1-4-35-18-7-12(14(24)10-17(18)34-3)8-19-21(31)29(22(32)36-19)11-20(30)28-15-9-13(23(25,26)27)5-6-16(15)33-2/h5-10H,4,11H2,1-3H3,(H,28,30)/b19-8-. The molecule has 192 valence electrons. The molecule has 13 heteroatoms. The predicted octanol–water partition coefficient (Wildman–Crippen LogP) is 5.56. The average molecular weight is 589 g/mol. The molecule has 1 aliphatic rings. The molecule has 0 atom stereocenters. The summed E-state index contributed by atoms with van der Waals surface area (Å²) in [5.41, 5.74) is -0.711. The number of hydrogen-bond donors (Lipinski definition) is 1. The first kappa shape index (κ1) is 27.4. The summed E-state index contributed by atoms with van der Waals surface area (Å²) in [5.74, 6) is -0.712. The zero-order valence-corrected chi connectivity index (χ0v) is 21.6. The molecular weight excluding hydrogens is 569 g/mol. The molecule has 1 heterocycles. The van der Waals surface area contributed by atoms with Crippen LogP contribution in [0.15, 0.2) is 39.7 Å². The molecule has 0 unspecified atom stereocenters. The number of ether oxygens (including phenoxy) is 3. The molecule has 1 aliphatic heterocycles. The van der Waals surface area contributed by atoms with Crippen LogP contribution in [0.25, 0.3) is 6.08 Å². The largest absolute Gasteiger partial charge is 0.495 e. The second-order valence-corrected chi connectivity index (χ2v) is 9.03. The molecule has 0 radical (unpaired) electrons. The fourth-order valence-corrected chi connectivity index (χ4v) is 4.45. The molecule has 0 aromatic heterocycles. The number of nitrogens with one attached hydrogen (secondary N) is 1. The number of carbonyl (C=O) groups is 3. The molecule has 0 aliphatic carbocycles. The predicted molar refractivity (Wildman–Crippen MR) is 131 cm³/mol. The lowest BCUT2D eigenvalue weighted by Gasteiger charge is -2.16. The van der Waals surface area contributed by atoms with Gasteiger partial charge < -0.3 is 19.5 Å². The van der Waals surface area contributed by atoms with Crippen LogP contribution in [0.2, 0.25) is 0 Å². The van der Waals surface area contributed by atoms with Gasteiger partial charge in [-0.25, -0.2) is 0 Å². The molecule has 2 aromatic rings. The van der Waals surface area contributed by atoms with E-state index in [0.717, 1.165) is 12.1 Å². The van der Waals surface area contributed by atoms with Gasteiger partial charge in [0.1, 0.15) is 12.3 Å². The van der Waals surface area contributed by atoms with Gasteiger partial charge in [0.2, 0.25) is 5.91 Å². The second-order valence-electron chi connectivity index (χ2n) is 7.19. The van der Waals surface area contributed by atoms with E-state index < -0.39 is 35.3 Å². The van der Waals surface area contributed by atoms with E-state index in [2.05, 4.69) is 21.2 Å². The van der Waals surface area contributed by atoms with E-state index >= 15 is 0 Å². The number of rotatable bonds is 8. The first-order valence-corrected chi connectivity index (χ1v) is 11.9. The topological polar surface area (TPSA) is 94.2 Å². The molecule has 3 rings (SSSR count). The number of benzene rings is 2. The van der Waals surface area contributed by atoms with Crippen LogP contribution < -0.4 is 19.5 Å². The summed E-state index contributed by atoms with van der Waals surface area (Å²) in [7, 11) is 2.71. The fraction of sp³-hybridized carbons (Fsp3) is 0.261. The highest BCUT2D eigenvalue weighted by Crippen LogP contribution is 2.38. The molecule has 0 saturated carbocycles.